The van der Waals surface area contributed by atoms with E-state index in [1.807, 2.05) is 12.2 Å². The van der Waals surface area contributed by atoms with Crippen LogP contribution < -0.4 is 5.43 Å². The molecule has 0 radical (unpaired) electrons. The van der Waals surface area contributed by atoms with Crippen molar-refractivity contribution in [1.82, 2.24) is 15.3 Å². The molecule has 1 saturated heterocycles. The van der Waals surface area contributed by atoms with Crippen LogP contribution in [0.15, 0.2) is 35.6 Å². The molecule has 6 rings (SSSR count). The van der Waals surface area contributed by atoms with Crippen molar-refractivity contribution in [2.75, 3.05) is 19.8 Å². The van der Waals surface area contributed by atoms with E-state index in [1.54, 1.807) is 5.01 Å². The second-order valence-corrected chi connectivity index (χ2v) is 11.8. The predicted molar refractivity (Wildman–Crippen MR) is 137 cm³/mol. The van der Waals surface area contributed by atoms with Crippen LogP contribution in [0.1, 0.15) is 77.0 Å². The van der Waals surface area contributed by atoms with Crippen LogP contribution in [0.4, 0.5) is 4.79 Å². The lowest BCUT2D eigenvalue weighted by Crippen LogP contribution is -2.50. The van der Waals surface area contributed by atoms with Crippen molar-refractivity contribution in [2.45, 2.75) is 95.2 Å². The molecule has 7 heteroatoms. The molecule has 0 aromatic rings. The van der Waals surface area contributed by atoms with Gasteiger partial charge in [0.1, 0.15) is 6.61 Å². The van der Waals surface area contributed by atoms with Crippen LogP contribution in [0.25, 0.3) is 0 Å². The topological polar surface area (TPSA) is 71.1 Å². The van der Waals surface area contributed by atoms with Gasteiger partial charge in [0.25, 0.3) is 0 Å². The quantitative estimate of drug-likeness (QED) is 0.521. The molecule has 196 valence electrons. The van der Waals surface area contributed by atoms with Crippen LogP contribution in [0.2, 0.25) is 0 Å². The zero-order valence-corrected chi connectivity index (χ0v) is 21.4. The Morgan fingerprint density at radius 2 is 1.92 bits per heavy atom. The number of rotatable bonds is 8. The fraction of sp³-hybridized carbons (Fsp3) is 0.724. The van der Waals surface area contributed by atoms with Gasteiger partial charge >= 0.3 is 6.09 Å². The molecule has 1 heterocycles. The first kappa shape index (κ1) is 24.1. The summed E-state index contributed by atoms with van der Waals surface area (Å²) in [5.74, 6) is 2.69. The van der Waals surface area contributed by atoms with Crippen molar-refractivity contribution in [3.63, 3.8) is 0 Å². The van der Waals surface area contributed by atoms with Crippen LogP contribution in [-0.2, 0) is 14.3 Å². The number of nitrogens with zero attached hydrogens (tertiary/aromatic N) is 2. The van der Waals surface area contributed by atoms with Crippen LogP contribution >= 0.6 is 0 Å². The maximum absolute atomic E-state index is 13.7. The molecule has 4 fully saturated rings. The number of fused-ring (bicyclic) bond motifs is 1. The van der Waals surface area contributed by atoms with E-state index in [9.17, 15) is 9.59 Å². The first-order valence-electron chi connectivity index (χ1n) is 14.3. The summed E-state index contributed by atoms with van der Waals surface area (Å²) in [6.07, 6.45) is 20.6. The summed E-state index contributed by atoms with van der Waals surface area (Å²) in [6, 6.07) is 1.01. The molecule has 6 aliphatic rings. The molecule has 0 bridgehead atoms. The Labute approximate surface area is 214 Å². The van der Waals surface area contributed by atoms with Gasteiger partial charge in [-0.1, -0.05) is 18.2 Å². The Morgan fingerprint density at radius 1 is 1.06 bits per heavy atom. The first-order chi connectivity index (χ1) is 17.6. The molecule has 1 aliphatic heterocycles. The van der Waals surface area contributed by atoms with Gasteiger partial charge in [-0.15, -0.1) is 0 Å². The van der Waals surface area contributed by atoms with Gasteiger partial charge in [-0.05, 0) is 94.1 Å². The summed E-state index contributed by atoms with van der Waals surface area (Å²) in [5, 5.41) is 1.68. The van der Waals surface area contributed by atoms with E-state index in [-0.39, 0.29) is 12.0 Å². The highest BCUT2D eigenvalue weighted by Crippen LogP contribution is 2.40. The van der Waals surface area contributed by atoms with Gasteiger partial charge in [-0.3, -0.25) is 4.79 Å². The molecule has 5 aliphatic carbocycles. The lowest BCUT2D eigenvalue weighted by molar-refractivity contribution is -0.140. The summed E-state index contributed by atoms with van der Waals surface area (Å²) in [6.45, 7) is 1.89. The van der Waals surface area contributed by atoms with Crippen molar-refractivity contribution in [1.29, 1.82) is 0 Å². The normalized spacial score (nSPS) is 31.8. The molecule has 7 nitrogen and oxygen atoms in total. The monoisotopic (exact) mass is 495 g/mol. The lowest BCUT2D eigenvalue weighted by atomic mass is 9.81. The van der Waals surface area contributed by atoms with Gasteiger partial charge in [0, 0.05) is 37.0 Å². The molecule has 1 N–H and O–H groups in total. The number of nitrogens with one attached hydrogen (secondary N) is 1. The minimum absolute atomic E-state index is 0.0914. The average Bonchev–Trinajstić information content (AvgIpc) is 3.85. The summed E-state index contributed by atoms with van der Waals surface area (Å²) < 4.78 is 11.6. The van der Waals surface area contributed by atoms with E-state index in [0.717, 1.165) is 82.5 Å². The van der Waals surface area contributed by atoms with Crippen molar-refractivity contribution in [3.05, 3.63) is 35.6 Å². The van der Waals surface area contributed by atoms with Gasteiger partial charge in [0.05, 0.1) is 12.4 Å². The largest absolute Gasteiger partial charge is 0.498 e. The Bertz CT molecular complexity index is 935. The van der Waals surface area contributed by atoms with Crippen molar-refractivity contribution in [2.24, 2.45) is 17.8 Å². The van der Waals surface area contributed by atoms with E-state index >= 15 is 0 Å². The highest BCUT2D eigenvalue weighted by Gasteiger charge is 2.46. The molecule has 0 aromatic carbocycles. The van der Waals surface area contributed by atoms with Crippen LogP contribution in [0.5, 0.6) is 0 Å². The molecule has 3 saturated carbocycles. The zero-order valence-electron chi connectivity index (χ0n) is 21.4. The van der Waals surface area contributed by atoms with Gasteiger partial charge in [0.15, 0.2) is 0 Å². The summed E-state index contributed by atoms with van der Waals surface area (Å²) in [5.41, 5.74) is 4.57. The molecule has 36 heavy (non-hydrogen) atoms. The third-order valence-corrected chi connectivity index (χ3v) is 8.90. The Hall–Kier alpha value is -2.28. The smallest absolute Gasteiger partial charge is 0.424 e. The number of ether oxygens (including phenoxy) is 2. The maximum Gasteiger partial charge on any atom is 0.424 e. The standard InChI is InChI=1S/C29H41N3O4/c33-28(22-8-13-26(14-9-22)35-18-21-6-7-21)32(24-10-11-24)25-12-15-27-23(16-25)17-31(30-27)29(34)36-19-20-4-2-1-3-5-20/h1-2,4,13,21-25,27,30H,3,5-12,14-19H2. The highest BCUT2D eigenvalue weighted by molar-refractivity contribution is 5.80. The third kappa shape index (κ3) is 5.66. The number of hydrazine groups is 1. The first-order valence-corrected chi connectivity index (χ1v) is 14.3. The number of hydrogen-bond acceptors (Lipinski definition) is 5. The predicted octanol–water partition coefficient (Wildman–Crippen LogP) is 4.86. The number of amides is 2. The van der Waals surface area contributed by atoms with E-state index in [0.29, 0.717) is 43.1 Å². The Balaban J connectivity index is 1.01. The van der Waals surface area contributed by atoms with Crippen molar-refractivity contribution in [3.8, 4) is 0 Å². The minimum Gasteiger partial charge on any atom is -0.498 e. The molecular formula is C29H41N3O4. The van der Waals surface area contributed by atoms with Gasteiger partial charge < -0.3 is 14.4 Å². The third-order valence-electron chi connectivity index (χ3n) is 8.90. The molecular weight excluding hydrogens is 454 g/mol. The van der Waals surface area contributed by atoms with Crippen LogP contribution in [0.3, 0.4) is 0 Å². The number of hydrogen-bond donors (Lipinski definition) is 1. The highest BCUT2D eigenvalue weighted by atomic mass is 16.6. The minimum atomic E-state index is -0.278. The molecule has 0 aromatic heterocycles. The van der Waals surface area contributed by atoms with E-state index in [1.165, 1.54) is 18.4 Å². The van der Waals surface area contributed by atoms with Gasteiger partial charge in [-0.2, -0.15) is 0 Å². The molecule has 4 atom stereocenters. The summed E-state index contributed by atoms with van der Waals surface area (Å²) in [4.78, 5) is 28.7. The van der Waals surface area contributed by atoms with Crippen molar-refractivity contribution < 1.29 is 19.1 Å². The second kappa shape index (κ2) is 10.6. The SMILES string of the molecule is O=C(OCC1=CC=CCC1)N1CC2CC(N(C(=O)C3CC=C(OCC4CC4)CC3)C3CC3)CCC2N1. The Morgan fingerprint density at radius 3 is 2.64 bits per heavy atom. The van der Waals surface area contributed by atoms with E-state index < -0.39 is 0 Å². The number of allylic oxidation sites excluding steroid dienone is 5. The fourth-order valence-electron chi connectivity index (χ4n) is 6.38. The van der Waals surface area contributed by atoms with E-state index in [4.69, 9.17) is 9.47 Å². The van der Waals surface area contributed by atoms with Gasteiger partial charge in [-0.25, -0.2) is 15.2 Å². The Kier molecular flexibility index (Phi) is 7.09. The van der Waals surface area contributed by atoms with E-state index in [2.05, 4.69) is 22.5 Å². The maximum atomic E-state index is 13.7. The van der Waals surface area contributed by atoms with Gasteiger partial charge in [0.2, 0.25) is 5.91 Å². The van der Waals surface area contributed by atoms with Crippen LogP contribution in [0, 0.1) is 17.8 Å². The van der Waals surface area contributed by atoms with Crippen LogP contribution in [-0.4, -0.2) is 59.8 Å². The number of carbonyl (C=O) groups excluding carboxylic acids is 2. The summed E-state index contributed by atoms with van der Waals surface area (Å²) in [7, 11) is 0. The number of carbonyl (C=O) groups is 2. The molecule has 0 spiro atoms. The second-order valence-electron chi connectivity index (χ2n) is 11.8. The van der Waals surface area contributed by atoms with Crippen molar-refractivity contribution >= 4 is 12.0 Å². The fourth-order valence-corrected chi connectivity index (χ4v) is 6.38. The zero-order chi connectivity index (χ0) is 24.5. The summed E-state index contributed by atoms with van der Waals surface area (Å²) >= 11 is 0. The average molecular weight is 496 g/mol. The lowest BCUT2D eigenvalue weighted by Gasteiger charge is -2.40. The molecule has 2 amide bonds. The molecule has 4 unspecified atom stereocenters.